The van der Waals surface area contributed by atoms with Crippen molar-refractivity contribution in [1.82, 2.24) is 10.2 Å². The van der Waals surface area contributed by atoms with Gasteiger partial charge in [-0.25, -0.2) is 0 Å². The SMILES string of the molecule is CCC[NH+](Cc1ccc(C(=O)Nc2ccccc2)cc1)Cc1nnc(-c2ccco2)o1. The molecule has 1 amide bonds. The summed E-state index contributed by atoms with van der Waals surface area (Å²) in [6.07, 6.45) is 2.61. The minimum absolute atomic E-state index is 0.119. The Morgan fingerprint density at radius 3 is 2.48 bits per heavy atom. The first-order chi connectivity index (χ1) is 15.2. The summed E-state index contributed by atoms with van der Waals surface area (Å²) in [7, 11) is 0. The molecule has 1 unspecified atom stereocenters. The standard InChI is InChI=1S/C24H24N4O3/c1-2-14-28(17-22-26-27-24(31-22)21-9-6-15-30-21)16-18-10-12-19(13-11-18)23(29)25-20-7-4-3-5-8-20/h3-13,15H,2,14,16-17H2,1H3,(H,25,29)/p+1. The molecule has 0 bridgehead atoms. The van der Waals surface area contributed by atoms with Gasteiger partial charge >= 0.3 is 0 Å². The first-order valence-corrected chi connectivity index (χ1v) is 10.4. The zero-order chi connectivity index (χ0) is 21.5. The van der Waals surface area contributed by atoms with Crippen LogP contribution < -0.4 is 10.2 Å². The van der Waals surface area contributed by atoms with Crippen LogP contribution in [-0.4, -0.2) is 22.6 Å². The molecule has 158 valence electrons. The Morgan fingerprint density at radius 1 is 0.968 bits per heavy atom. The number of para-hydroxylation sites is 1. The maximum atomic E-state index is 12.4. The number of carbonyl (C=O) groups excluding carboxylic acids is 1. The molecule has 0 saturated carbocycles. The van der Waals surface area contributed by atoms with Gasteiger partial charge in [0.2, 0.25) is 0 Å². The van der Waals surface area contributed by atoms with E-state index in [0.717, 1.165) is 30.8 Å². The van der Waals surface area contributed by atoms with E-state index in [1.165, 1.54) is 4.90 Å². The van der Waals surface area contributed by atoms with Crippen LogP contribution in [0.5, 0.6) is 0 Å². The Morgan fingerprint density at radius 2 is 1.77 bits per heavy atom. The Hall–Kier alpha value is -3.71. The number of nitrogens with one attached hydrogen (secondary N) is 2. The van der Waals surface area contributed by atoms with E-state index < -0.39 is 0 Å². The van der Waals surface area contributed by atoms with E-state index in [1.807, 2.05) is 54.6 Å². The Balaban J connectivity index is 1.38. The van der Waals surface area contributed by atoms with Gasteiger partial charge in [-0.3, -0.25) is 4.79 Å². The van der Waals surface area contributed by atoms with Crippen LogP contribution in [-0.2, 0) is 13.1 Å². The summed E-state index contributed by atoms with van der Waals surface area (Å²) < 4.78 is 11.1. The number of carbonyl (C=O) groups is 1. The van der Waals surface area contributed by atoms with E-state index in [2.05, 4.69) is 22.4 Å². The fraction of sp³-hybridized carbons (Fsp3) is 0.208. The molecule has 0 spiro atoms. The minimum atomic E-state index is -0.119. The van der Waals surface area contributed by atoms with E-state index in [1.54, 1.807) is 18.4 Å². The number of quaternary nitrogens is 1. The van der Waals surface area contributed by atoms with Crippen molar-refractivity contribution in [3.63, 3.8) is 0 Å². The third-order valence-corrected chi connectivity index (χ3v) is 4.91. The normalized spacial score (nSPS) is 11.9. The lowest BCUT2D eigenvalue weighted by Gasteiger charge is -2.17. The zero-order valence-corrected chi connectivity index (χ0v) is 17.4. The number of furan rings is 1. The molecule has 0 fully saturated rings. The fourth-order valence-electron chi connectivity index (χ4n) is 3.42. The van der Waals surface area contributed by atoms with Crippen molar-refractivity contribution in [2.24, 2.45) is 0 Å². The Bertz CT molecular complexity index is 1090. The van der Waals surface area contributed by atoms with Crippen molar-refractivity contribution in [3.8, 4) is 11.7 Å². The summed E-state index contributed by atoms with van der Waals surface area (Å²) >= 11 is 0. The summed E-state index contributed by atoms with van der Waals surface area (Å²) in [4.78, 5) is 13.7. The smallest absolute Gasteiger partial charge is 0.283 e. The molecule has 4 aromatic rings. The van der Waals surface area contributed by atoms with Crippen LogP contribution in [0.15, 0.2) is 81.8 Å². The van der Waals surface area contributed by atoms with Gasteiger partial charge in [-0.1, -0.05) is 37.3 Å². The molecule has 31 heavy (non-hydrogen) atoms. The molecule has 4 rings (SSSR count). The van der Waals surface area contributed by atoms with Gasteiger partial charge in [0.15, 0.2) is 12.3 Å². The van der Waals surface area contributed by atoms with E-state index in [9.17, 15) is 4.79 Å². The molecule has 0 saturated heterocycles. The Labute approximate surface area is 180 Å². The van der Waals surface area contributed by atoms with Gasteiger partial charge in [0.1, 0.15) is 6.54 Å². The topological polar surface area (TPSA) is 85.6 Å². The Kier molecular flexibility index (Phi) is 6.54. The summed E-state index contributed by atoms with van der Waals surface area (Å²) in [6, 6.07) is 20.7. The van der Waals surface area contributed by atoms with Gasteiger partial charge in [0.05, 0.1) is 12.8 Å². The molecule has 2 N–H and O–H groups in total. The van der Waals surface area contributed by atoms with E-state index >= 15 is 0 Å². The van der Waals surface area contributed by atoms with E-state index in [0.29, 0.717) is 29.6 Å². The van der Waals surface area contributed by atoms with Gasteiger partial charge in [-0.15, -0.1) is 10.2 Å². The number of aromatic nitrogens is 2. The summed E-state index contributed by atoms with van der Waals surface area (Å²) in [6.45, 7) is 4.54. The van der Waals surface area contributed by atoms with Gasteiger partial charge < -0.3 is 19.1 Å². The second-order valence-electron chi connectivity index (χ2n) is 7.35. The summed E-state index contributed by atoms with van der Waals surface area (Å²) in [5.74, 6) is 1.42. The van der Waals surface area contributed by atoms with Crippen molar-refractivity contribution in [2.75, 3.05) is 11.9 Å². The second kappa shape index (κ2) is 9.86. The van der Waals surface area contributed by atoms with Gasteiger partial charge in [-0.2, -0.15) is 0 Å². The van der Waals surface area contributed by atoms with E-state index in [-0.39, 0.29) is 5.91 Å². The fourth-order valence-corrected chi connectivity index (χ4v) is 3.42. The highest BCUT2D eigenvalue weighted by Crippen LogP contribution is 2.17. The maximum absolute atomic E-state index is 12.4. The van der Waals surface area contributed by atoms with Crippen molar-refractivity contribution >= 4 is 11.6 Å². The number of anilines is 1. The number of benzene rings is 2. The quantitative estimate of drug-likeness (QED) is 0.435. The lowest BCUT2D eigenvalue weighted by Crippen LogP contribution is -3.09. The van der Waals surface area contributed by atoms with E-state index in [4.69, 9.17) is 8.83 Å². The van der Waals surface area contributed by atoms with Crippen LogP contribution >= 0.6 is 0 Å². The van der Waals surface area contributed by atoms with Crippen molar-refractivity contribution in [1.29, 1.82) is 0 Å². The average Bonchev–Trinajstić information content (AvgIpc) is 3.47. The molecular formula is C24H25N4O3+. The monoisotopic (exact) mass is 417 g/mol. The van der Waals surface area contributed by atoms with Crippen molar-refractivity contribution < 1.29 is 18.5 Å². The minimum Gasteiger partial charge on any atom is -0.459 e. The molecule has 0 radical (unpaired) electrons. The summed E-state index contributed by atoms with van der Waals surface area (Å²) in [5, 5.41) is 11.1. The third-order valence-electron chi connectivity index (χ3n) is 4.91. The van der Waals surface area contributed by atoms with Crippen LogP contribution in [0, 0.1) is 0 Å². The second-order valence-corrected chi connectivity index (χ2v) is 7.35. The van der Waals surface area contributed by atoms with Gasteiger partial charge in [-0.05, 0) is 42.8 Å². The molecule has 2 heterocycles. The number of hydrogen-bond acceptors (Lipinski definition) is 5. The molecule has 0 aliphatic heterocycles. The van der Waals surface area contributed by atoms with Crippen LogP contribution in [0.25, 0.3) is 11.7 Å². The number of amides is 1. The maximum Gasteiger partial charge on any atom is 0.283 e. The highest BCUT2D eigenvalue weighted by Gasteiger charge is 2.17. The number of rotatable bonds is 9. The molecule has 7 nitrogen and oxygen atoms in total. The molecule has 0 aliphatic carbocycles. The molecule has 1 atom stereocenters. The number of nitrogens with zero attached hydrogens (tertiary/aromatic N) is 2. The van der Waals surface area contributed by atoms with Crippen LogP contribution in [0.4, 0.5) is 5.69 Å². The zero-order valence-electron chi connectivity index (χ0n) is 17.4. The molecule has 7 heteroatoms. The molecule has 2 aromatic heterocycles. The van der Waals surface area contributed by atoms with Gasteiger partial charge in [0, 0.05) is 16.8 Å². The summed E-state index contributed by atoms with van der Waals surface area (Å²) in [5.41, 5.74) is 2.55. The lowest BCUT2D eigenvalue weighted by molar-refractivity contribution is -0.928. The number of hydrogen-bond donors (Lipinski definition) is 2. The lowest BCUT2D eigenvalue weighted by atomic mass is 10.1. The average molecular weight is 417 g/mol. The third kappa shape index (κ3) is 5.46. The first kappa shape index (κ1) is 20.6. The van der Waals surface area contributed by atoms with Crippen LogP contribution in [0.1, 0.15) is 35.2 Å². The van der Waals surface area contributed by atoms with Gasteiger partial charge in [0.25, 0.3) is 17.7 Å². The molecular weight excluding hydrogens is 392 g/mol. The van der Waals surface area contributed by atoms with Crippen molar-refractivity contribution in [2.45, 2.75) is 26.4 Å². The highest BCUT2D eigenvalue weighted by molar-refractivity contribution is 6.04. The van der Waals surface area contributed by atoms with Crippen LogP contribution in [0.2, 0.25) is 0 Å². The molecule has 0 aliphatic rings. The largest absolute Gasteiger partial charge is 0.459 e. The van der Waals surface area contributed by atoms with Crippen molar-refractivity contribution in [3.05, 3.63) is 90.0 Å². The first-order valence-electron chi connectivity index (χ1n) is 10.4. The van der Waals surface area contributed by atoms with Crippen LogP contribution in [0.3, 0.4) is 0 Å². The predicted octanol–water partition coefficient (Wildman–Crippen LogP) is 3.58. The molecule has 2 aromatic carbocycles. The highest BCUT2D eigenvalue weighted by atomic mass is 16.4. The predicted molar refractivity (Wildman–Crippen MR) is 116 cm³/mol.